The Morgan fingerprint density at radius 1 is 1.15 bits per heavy atom. The normalized spacial score (nSPS) is 13.5. The van der Waals surface area contributed by atoms with E-state index in [1.807, 2.05) is 0 Å². The highest BCUT2D eigenvalue weighted by Crippen LogP contribution is 2.36. The Bertz CT molecular complexity index is 1080. The maximum atomic E-state index is 13.8. The van der Waals surface area contributed by atoms with Gasteiger partial charge in [-0.2, -0.15) is 0 Å². The number of carbonyl (C=O) groups is 3. The van der Waals surface area contributed by atoms with Crippen molar-refractivity contribution in [3.05, 3.63) is 64.5 Å². The minimum Gasteiger partial charge on any atom is -0.478 e. The molecule has 0 bridgehead atoms. The van der Waals surface area contributed by atoms with Crippen LogP contribution in [0.2, 0.25) is 0 Å². The first kappa shape index (κ1) is 16.0. The molecular formula is C19H13FN2O4. The summed E-state index contributed by atoms with van der Waals surface area (Å²) in [5.41, 5.74) is 1.05. The van der Waals surface area contributed by atoms with Crippen LogP contribution in [0.4, 0.5) is 10.2 Å². The number of carboxylic acids is 1. The largest absolute Gasteiger partial charge is 0.478 e. The van der Waals surface area contributed by atoms with E-state index in [1.165, 1.54) is 0 Å². The summed E-state index contributed by atoms with van der Waals surface area (Å²) in [5, 5.41) is 9.72. The van der Waals surface area contributed by atoms with Crippen LogP contribution < -0.4 is 4.90 Å². The minimum atomic E-state index is -1.28. The number of hydrogen-bond acceptors (Lipinski definition) is 3. The second-order valence-corrected chi connectivity index (χ2v) is 5.98. The lowest BCUT2D eigenvalue weighted by Crippen LogP contribution is -2.30. The molecule has 2 N–H and O–H groups in total. The molecule has 3 aromatic rings. The summed E-state index contributed by atoms with van der Waals surface area (Å²) in [5.74, 6) is -2.81. The van der Waals surface area contributed by atoms with Gasteiger partial charge in [0.2, 0.25) is 0 Å². The molecule has 0 fully saturated rings. The Labute approximate surface area is 146 Å². The number of nitrogens with zero attached hydrogens (tertiary/aromatic N) is 1. The zero-order valence-corrected chi connectivity index (χ0v) is 13.7. The first-order chi connectivity index (χ1) is 12.4. The number of hydrogen-bond donors (Lipinski definition) is 2. The topological polar surface area (TPSA) is 90.5 Å². The third-order valence-corrected chi connectivity index (χ3v) is 4.55. The number of nitrogens with one attached hydrogen (secondary N) is 1. The van der Waals surface area contributed by atoms with Crippen molar-refractivity contribution in [3.63, 3.8) is 0 Å². The zero-order valence-electron chi connectivity index (χ0n) is 13.7. The Hall–Kier alpha value is -3.48. The van der Waals surface area contributed by atoms with E-state index in [0.717, 1.165) is 17.0 Å². The van der Waals surface area contributed by atoms with Crippen molar-refractivity contribution in [2.24, 2.45) is 0 Å². The fraction of sp³-hybridized carbons (Fsp3) is 0.105. The van der Waals surface area contributed by atoms with Crippen LogP contribution in [0.5, 0.6) is 0 Å². The number of halogens is 1. The number of imide groups is 1. The molecule has 1 aliphatic heterocycles. The number of anilines is 1. The molecule has 0 aliphatic carbocycles. The fourth-order valence-corrected chi connectivity index (χ4v) is 3.45. The first-order valence-corrected chi connectivity index (χ1v) is 7.99. The van der Waals surface area contributed by atoms with Crippen molar-refractivity contribution in [3.8, 4) is 0 Å². The SMILES string of the molecule is CCc1c(N2C(=O)c3ccccc3C2=O)[nH]c2cc(F)cc(C(=O)O)c12. The van der Waals surface area contributed by atoms with E-state index in [-0.39, 0.29) is 28.0 Å². The number of aromatic nitrogens is 1. The second kappa shape index (κ2) is 5.52. The third-order valence-electron chi connectivity index (χ3n) is 4.55. The lowest BCUT2D eigenvalue weighted by atomic mass is 10.0. The van der Waals surface area contributed by atoms with Crippen LogP contribution in [0.15, 0.2) is 36.4 Å². The lowest BCUT2D eigenvalue weighted by Gasteiger charge is -2.14. The number of fused-ring (bicyclic) bond motifs is 2. The van der Waals surface area contributed by atoms with Crippen LogP contribution in [0.3, 0.4) is 0 Å². The van der Waals surface area contributed by atoms with Crippen LogP contribution in [-0.2, 0) is 6.42 Å². The van der Waals surface area contributed by atoms with Gasteiger partial charge in [0.25, 0.3) is 11.8 Å². The first-order valence-electron chi connectivity index (χ1n) is 7.99. The number of aromatic amines is 1. The lowest BCUT2D eigenvalue weighted by molar-refractivity contribution is 0.0698. The van der Waals surface area contributed by atoms with Crippen LogP contribution in [0.1, 0.15) is 43.6 Å². The summed E-state index contributed by atoms with van der Waals surface area (Å²) in [4.78, 5) is 40.9. The Morgan fingerprint density at radius 2 is 1.77 bits per heavy atom. The van der Waals surface area contributed by atoms with Gasteiger partial charge in [0.15, 0.2) is 0 Å². The maximum Gasteiger partial charge on any atom is 0.336 e. The van der Waals surface area contributed by atoms with Gasteiger partial charge in [0.05, 0.1) is 22.2 Å². The molecule has 0 radical (unpaired) electrons. The molecule has 6 nitrogen and oxygen atoms in total. The van der Waals surface area contributed by atoms with Gasteiger partial charge in [-0.1, -0.05) is 19.1 Å². The minimum absolute atomic E-state index is 0.182. The maximum absolute atomic E-state index is 13.8. The molecule has 2 amide bonds. The van der Waals surface area contributed by atoms with Gasteiger partial charge in [0, 0.05) is 10.9 Å². The highest BCUT2D eigenvalue weighted by molar-refractivity contribution is 6.34. The van der Waals surface area contributed by atoms with Crippen LogP contribution >= 0.6 is 0 Å². The van der Waals surface area contributed by atoms with E-state index in [2.05, 4.69) is 4.98 Å². The van der Waals surface area contributed by atoms with E-state index >= 15 is 0 Å². The highest BCUT2D eigenvalue weighted by Gasteiger charge is 2.38. The Kier molecular flexibility index (Phi) is 3.40. The van der Waals surface area contributed by atoms with E-state index in [9.17, 15) is 23.9 Å². The number of benzene rings is 2. The molecule has 0 saturated heterocycles. The van der Waals surface area contributed by atoms with Crippen molar-refractivity contribution >= 4 is 34.5 Å². The molecule has 7 heteroatoms. The van der Waals surface area contributed by atoms with Crippen molar-refractivity contribution in [2.45, 2.75) is 13.3 Å². The van der Waals surface area contributed by atoms with Gasteiger partial charge in [-0.3, -0.25) is 9.59 Å². The van der Waals surface area contributed by atoms with Gasteiger partial charge in [-0.05, 0) is 30.7 Å². The van der Waals surface area contributed by atoms with E-state index in [0.29, 0.717) is 17.4 Å². The van der Waals surface area contributed by atoms with E-state index in [4.69, 9.17) is 0 Å². The molecule has 2 aromatic carbocycles. The van der Waals surface area contributed by atoms with Crippen molar-refractivity contribution in [1.82, 2.24) is 4.98 Å². The summed E-state index contributed by atoms with van der Waals surface area (Å²) in [6.45, 7) is 1.78. The fourth-order valence-electron chi connectivity index (χ4n) is 3.45. The summed E-state index contributed by atoms with van der Waals surface area (Å²) >= 11 is 0. The van der Waals surface area contributed by atoms with Gasteiger partial charge < -0.3 is 10.1 Å². The summed E-state index contributed by atoms with van der Waals surface area (Å²) in [7, 11) is 0. The summed E-state index contributed by atoms with van der Waals surface area (Å²) < 4.78 is 13.8. The van der Waals surface area contributed by atoms with Crippen LogP contribution in [0, 0.1) is 5.82 Å². The second-order valence-electron chi connectivity index (χ2n) is 5.98. The number of rotatable bonds is 3. The predicted molar refractivity (Wildman–Crippen MR) is 92.2 cm³/mol. The van der Waals surface area contributed by atoms with Gasteiger partial charge in [-0.15, -0.1) is 0 Å². The third kappa shape index (κ3) is 2.07. The number of aryl methyl sites for hydroxylation is 1. The smallest absolute Gasteiger partial charge is 0.336 e. The van der Waals surface area contributed by atoms with Crippen molar-refractivity contribution in [2.75, 3.05) is 4.90 Å². The molecule has 26 heavy (non-hydrogen) atoms. The monoisotopic (exact) mass is 352 g/mol. The molecule has 0 atom stereocenters. The summed E-state index contributed by atoms with van der Waals surface area (Å²) in [6, 6.07) is 8.54. The molecule has 0 saturated carbocycles. The Morgan fingerprint density at radius 3 is 2.31 bits per heavy atom. The average molecular weight is 352 g/mol. The van der Waals surface area contributed by atoms with E-state index < -0.39 is 23.6 Å². The van der Waals surface area contributed by atoms with Gasteiger partial charge >= 0.3 is 5.97 Å². The van der Waals surface area contributed by atoms with Gasteiger partial charge in [-0.25, -0.2) is 14.1 Å². The zero-order chi connectivity index (χ0) is 18.6. The molecule has 1 aromatic heterocycles. The average Bonchev–Trinajstić information content (AvgIpc) is 3.09. The number of aromatic carboxylic acids is 1. The van der Waals surface area contributed by atoms with Crippen molar-refractivity contribution < 1.29 is 23.9 Å². The predicted octanol–water partition coefficient (Wildman–Crippen LogP) is 3.37. The van der Waals surface area contributed by atoms with Crippen LogP contribution in [-0.4, -0.2) is 27.9 Å². The van der Waals surface area contributed by atoms with Gasteiger partial charge in [0.1, 0.15) is 11.6 Å². The highest BCUT2D eigenvalue weighted by atomic mass is 19.1. The standard InChI is InChI=1S/C19H13FN2O4/c1-2-10-15-13(19(25)26)7-9(20)8-14(15)21-16(10)22-17(23)11-5-3-4-6-12(11)18(22)24/h3-8,21H,2H2,1H3,(H,25,26). The number of carboxylic acid groups (broad SMARTS) is 1. The molecule has 0 spiro atoms. The van der Waals surface area contributed by atoms with Crippen molar-refractivity contribution in [1.29, 1.82) is 0 Å². The van der Waals surface area contributed by atoms with E-state index in [1.54, 1.807) is 31.2 Å². The molecular weight excluding hydrogens is 339 g/mol. The molecule has 1 aliphatic rings. The molecule has 2 heterocycles. The quantitative estimate of drug-likeness (QED) is 0.707. The number of carbonyl (C=O) groups excluding carboxylic acids is 2. The molecule has 130 valence electrons. The Balaban J connectivity index is 1.99. The van der Waals surface area contributed by atoms with Crippen LogP contribution in [0.25, 0.3) is 10.9 Å². The number of amides is 2. The number of H-pyrrole nitrogens is 1. The summed E-state index contributed by atoms with van der Waals surface area (Å²) in [6.07, 6.45) is 0.356. The molecule has 4 rings (SSSR count). The molecule has 0 unspecified atom stereocenters.